The fourth-order valence-corrected chi connectivity index (χ4v) is 2.80. The average molecular weight is 314 g/mol. The Morgan fingerprint density at radius 3 is 2.52 bits per heavy atom. The van der Waals surface area contributed by atoms with Crippen LogP contribution in [0.4, 0.5) is 5.69 Å². The van der Waals surface area contributed by atoms with Crippen molar-refractivity contribution in [3.63, 3.8) is 0 Å². The number of nitrogens with two attached hydrogens (primary N) is 1. The lowest BCUT2D eigenvalue weighted by atomic mass is 10.1. The topological polar surface area (TPSA) is 75.6 Å². The van der Waals surface area contributed by atoms with Gasteiger partial charge in [-0.2, -0.15) is 0 Å². The molecule has 0 bridgehead atoms. The number of aryl methyl sites for hydroxylation is 1. The van der Waals surface area contributed by atoms with Crippen molar-refractivity contribution in [3.8, 4) is 0 Å². The van der Waals surface area contributed by atoms with Crippen LogP contribution in [0.5, 0.6) is 0 Å². The van der Waals surface area contributed by atoms with Crippen molar-refractivity contribution in [2.45, 2.75) is 19.9 Å². The largest absolute Gasteiger partial charge is 0.399 e. The van der Waals surface area contributed by atoms with E-state index in [1.807, 2.05) is 42.2 Å². The van der Waals surface area contributed by atoms with E-state index in [0.717, 1.165) is 55.4 Å². The van der Waals surface area contributed by atoms with E-state index < -0.39 is 0 Å². The number of carbonyl (C=O) groups excluding carboxylic acids is 1. The first kappa shape index (κ1) is 15.6. The van der Waals surface area contributed by atoms with Crippen LogP contribution >= 0.6 is 0 Å². The summed E-state index contributed by atoms with van der Waals surface area (Å²) in [6.07, 6.45) is 0.433. The maximum atomic E-state index is 12.4. The number of piperazine rings is 1. The number of nitrogen functional groups attached to an aromatic ring is 1. The second kappa shape index (κ2) is 6.83. The standard InChI is InChI=1S/C17H22N4O2/c1-13-10-16(19-23-13)12-20-6-8-21(9-7-20)17(22)11-14-2-4-15(18)5-3-14/h2-5,10H,6-9,11-12,18H2,1H3. The lowest BCUT2D eigenvalue weighted by molar-refractivity contribution is -0.132. The van der Waals surface area contributed by atoms with E-state index >= 15 is 0 Å². The van der Waals surface area contributed by atoms with E-state index in [1.165, 1.54) is 0 Å². The normalized spacial score (nSPS) is 15.8. The summed E-state index contributed by atoms with van der Waals surface area (Å²) >= 11 is 0. The van der Waals surface area contributed by atoms with Crippen LogP contribution in [0, 0.1) is 6.92 Å². The SMILES string of the molecule is Cc1cc(CN2CCN(C(=O)Cc3ccc(N)cc3)CC2)no1. The molecular weight excluding hydrogens is 292 g/mol. The number of anilines is 1. The number of aromatic nitrogens is 1. The third kappa shape index (κ3) is 4.10. The van der Waals surface area contributed by atoms with Crippen molar-refractivity contribution in [1.29, 1.82) is 0 Å². The molecule has 1 amide bonds. The molecule has 1 aliphatic rings. The molecule has 0 spiro atoms. The van der Waals surface area contributed by atoms with Crippen LogP contribution < -0.4 is 5.73 Å². The van der Waals surface area contributed by atoms with Crippen molar-refractivity contribution in [3.05, 3.63) is 47.3 Å². The van der Waals surface area contributed by atoms with Gasteiger partial charge in [0.2, 0.25) is 5.91 Å². The van der Waals surface area contributed by atoms with Crippen LogP contribution in [0.3, 0.4) is 0 Å². The molecule has 2 N–H and O–H groups in total. The third-order valence-electron chi connectivity index (χ3n) is 4.12. The molecule has 0 atom stereocenters. The summed E-state index contributed by atoms with van der Waals surface area (Å²) in [7, 11) is 0. The number of hydrogen-bond donors (Lipinski definition) is 1. The highest BCUT2D eigenvalue weighted by Crippen LogP contribution is 2.11. The molecule has 6 nitrogen and oxygen atoms in total. The summed E-state index contributed by atoms with van der Waals surface area (Å²) < 4.78 is 5.09. The van der Waals surface area contributed by atoms with Gasteiger partial charge in [-0.15, -0.1) is 0 Å². The predicted octanol–water partition coefficient (Wildman–Crippen LogP) is 1.45. The number of nitrogens with zero attached hydrogens (tertiary/aromatic N) is 3. The van der Waals surface area contributed by atoms with Crippen LogP contribution in [-0.4, -0.2) is 47.0 Å². The Balaban J connectivity index is 1.48. The van der Waals surface area contributed by atoms with E-state index in [0.29, 0.717) is 6.42 Å². The molecule has 0 radical (unpaired) electrons. The Morgan fingerprint density at radius 1 is 1.22 bits per heavy atom. The van der Waals surface area contributed by atoms with Gasteiger partial charge in [0.05, 0.1) is 12.1 Å². The number of carbonyl (C=O) groups is 1. The second-order valence-corrected chi connectivity index (χ2v) is 6.00. The Labute approximate surface area is 135 Å². The highest BCUT2D eigenvalue weighted by molar-refractivity contribution is 5.79. The van der Waals surface area contributed by atoms with E-state index in [-0.39, 0.29) is 5.91 Å². The molecule has 1 aromatic heterocycles. The highest BCUT2D eigenvalue weighted by Gasteiger charge is 2.21. The molecule has 6 heteroatoms. The molecule has 122 valence electrons. The molecule has 1 aromatic carbocycles. The average Bonchev–Trinajstić information content (AvgIpc) is 2.95. The monoisotopic (exact) mass is 314 g/mol. The summed E-state index contributed by atoms with van der Waals surface area (Å²) in [6, 6.07) is 9.45. The molecule has 23 heavy (non-hydrogen) atoms. The van der Waals surface area contributed by atoms with Crippen LogP contribution in [-0.2, 0) is 17.8 Å². The molecule has 1 fully saturated rings. The van der Waals surface area contributed by atoms with Crippen molar-refractivity contribution in [1.82, 2.24) is 15.0 Å². The molecule has 0 unspecified atom stereocenters. The first-order chi connectivity index (χ1) is 11.1. The van der Waals surface area contributed by atoms with Gasteiger partial charge in [0, 0.05) is 44.5 Å². The van der Waals surface area contributed by atoms with Gasteiger partial charge in [-0.05, 0) is 24.6 Å². The minimum absolute atomic E-state index is 0.173. The molecule has 1 aliphatic heterocycles. The summed E-state index contributed by atoms with van der Waals surface area (Å²) in [5.41, 5.74) is 8.34. The maximum absolute atomic E-state index is 12.4. The van der Waals surface area contributed by atoms with Crippen LogP contribution in [0.1, 0.15) is 17.0 Å². The summed E-state index contributed by atoms with van der Waals surface area (Å²) in [4.78, 5) is 16.6. The number of amides is 1. The fraction of sp³-hybridized carbons (Fsp3) is 0.412. The second-order valence-electron chi connectivity index (χ2n) is 6.00. The number of rotatable bonds is 4. The van der Waals surface area contributed by atoms with E-state index in [9.17, 15) is 4.79 Å². The van der Waals surface area contributed by atoms with Crippen LogP contribution in [0.2, 0.25) is 0 Å². The van der Waals surface area contributed by atoms with Crippen molar-refractivity contribution < 1.29 is 9.32 Å². The minimum atomic E-state index is 0.173. The summed E-state index contributed by atoms with van der Waals surface area (Å²) in [6.45, 7) is 5.90. The van der Waals surface area contributed by atoms with Crippen molar-refractivity contribution >= 4 is 11.6 Å². The Morgan fingerprint density at radius 2 is 1.91 bits per heavy atom. The zero-order chi connectivity index (χ0) is 16.2. The fourth-order valence-electron chi connectivity index (χ4n) is 2.80. The third-order valence-corrected chi connectivity index (χ3v) is 4.12. The molecule has 0 saturated carbocycles. The minimum Gasteiger partial charge on any atom is -0.399 e. The Bertz CT molecular complexity index is 657. The van der Waals surface area contributed by atoms with E-state index in [2.05, 4.69) is 10.1 Å². The Hall–Kier alpha value is -2.34. The lowest BCUT2D eigenvalue weighted by Crippen LogP contribution is -2.48. The maximum Gasteiger partial charge on any atom is 0.227 e. The van der Waals surface area contributed by atoms with Gasteiger partial charge in [0.25, 0.3) is 0 Å². The predicted molar refractivity (Wildman–Crippen MR) is 87.7 cm³/mol. The lowest BCUT2D eigenvalue weighted by Gasteiger charge is -2.34. The van der Waals surface area contributed by atoms with Gasteiger partial charge in [-0.1, -0.05) is 17.3 Å². The van der Waals surface area contributed by atoms with E-state index in [1.54, 1.807) is 0 Å². The molecule has 1 saturated heterocycles. The van der Waals surface area contributed by atoms with Crippen LogP contribution in [0.15, 0.2) is 34.9 Å². The first-order valence-electron chi connectivity index (χ1n) is 7.87. The first-order valence-corrected chi connectivity index (χ1v) is 7.87. The quantitative estimate of drug-likeness (QED) is 0.865. The number of benzene rings is 1. The molecular formula is C17H22N4O2. The zero-order valence-corrected chi connectivity index (χ0v) is 13.4. The van der Waals surface area contributed by atoms with Gasteiger partial charge in [-0.25, -0.2) is 0 Å². The van der Waals surface area contributed by atoms with Gasteiger partial charge in [0.15, 0.2) is 0 Å². The highest BCUT2D eigenvalue weighted by atomic mass is 16.5. The molecule has 2 aromatic rings. The van der Waals surface area contributed by atoms with E-state index in [4.69, 9.17) is 10.3 Å². The van der Waals surface area contributed by atoms with Crippen molar-refractivity contribution in [2.24, 2.45) is 0 Å². The molecule has 2 heterocycles. The van der Waals surface area contributed by atoms with Gasteiger partial charge >= 0.3 is 0 Å². The van der Waals surface area contributed by atoms with Gasteiger partial charge in [-0.3, -0.25) is 9.69 Å². The summed E-state index contributed by atoms with van der Waals surface area (Å²) in [5, 5.41) is 4.02. The zero-order valence-electron chi connectivity index (χ0n) is 13.4. The van der Waals surface area contributed by atoms with Crippen molar-refractivity contribution in [2.75, 3.05) is 31.9 Å². The molecule has 0 aliphatic carbocycles. The van der Waals surface area contributed by atoms with Gasteiger partial charge in [0.1, 0.15) is 5.76 Å². The number of hydrogen-bond acceptors (Lipinski definition) is 5. The smallest absolute Gasteiger partial charge is 0.227 e. The molecule has 3 rings (SSSR count). The van der Waals surface area contributed by atoms with Gasteiger partial charge < -0.3 is 15.2 Å². The van der Waals surface area contributed by atoms with Crippen LogP contribution in [0.25, 0.3) is 0 Å². The summed E-state index contributed by atoms with van der Waals surface area (Å²) in [5.74, 6) is 1.00. The Kier molecular flexibility index (Phi) is 4.62.